The van der Waals surface area contributed by atoms with E-state index in [-0.39, 0.29) is 0 Å². The Hall–Kier alpha value is -1.24. The molecular weight excluding hydrogens is 112 g/mol. The van der Waals surface area contributed by atoms with Gasteiger partial charge in [0.25, 0.3) is 0 Å². The zero-order valence-electron chi connectivity index (χ0n) is 5.04. The molecule has 0 aromatic heterocycles. The summed E-state index contributed by atoms with van der Waals surface area (Å²) in [5.74, 6) is 0. The number of hydrogen-bond acceptors (Lipinski definition) is 1. The van der Waals surface area contributed by atoms with E-state index < -0.39 is 0 Å². The van der Waals surface area contributed by atoms with E-state index in [0.717, 1.165) is 16.7 Å². The van der Waals surface area contributed by atoms with Gasteiger partial charge in [-0.25, -0.2) is 0 Å². The molecule has 1 heteroatoms. The van der Waals surface area contributed by atoms with Gasteiger partial charge >= 0.3 is 0 Å². The Kier molecular flexibility index (Phi) is 1.54. The average molecular weight is 120 g/mol. The van der Waals surface area contributed by atoms with Crippen LogP contribution in [0.25, 0.3) is 12.8 Å². The van der Waals surface area contributed by atoms with E-state index in [2.05, 4.69) is 6.58 Å². The van der Waals surface area contributed by atoms with Crippen molar-refractivity contribution in [3.8, 4) is 0 Å². The Balaban J connectivity index is 3.53. The normalized spacial score (nSPS) is 11.8. The van der Waals surface area contributed by atoms with Crippen molar-refractivity contribution in [2.45, 2.75) is 0 Å². The third-order valence-electron chi connectivity index (χ3n) is 1.19. The van der Waals surface area contributed by atoms with Gasteiger partial charge in [0, 0.05) is 5.22 Å². The summed E-state index contributed by atoms with van der Waals surface area (Å²) < 4.78 is 0. The second-order valence-electron chi connectivity index (χ2n) is 1.83. The SMILES string of the molecule is C=c1cccc/c1=C/O. The number of aliphatic hydroxyl groups is 1. The monoisotopic (exact) mass is 120 g/mol. The van der Waals surface area contributed by atoms with Gasteiger partial charge in [0.2, 0.25) is 0 Å². The van der Waals surface area contributed by atoms with Crippen LogP contribution in [0.5, 0.6) is 0 Å². The Morgan fingerprint density at radius 3 is 2.44 bits per heavy atom. The van der Waals surface area contributed by atoms with Gasteiger partial charge in [0.15, 0.2) is 0 Å². The molecule has 0 spiro atoms. The summed E-state index contributed by atoms with van der Waals surface area (Å²) in [6, 6.07) is 7.40. The fourth-order valence-electron chi connectivity index (χ4n) is 0.660. The molecule has 0 radical (unpaired) electrons. The zero-order valence-corrected chi connectivity index (χ0v) is 5.04. The first-order valence-corrected chi connectivity index (χ1v) is 2.73. The predicted octanol–water partition coefficient (Wildman–Crippen LogP) is 0.393. The van der Waals surface area contributed by atoms with Crippen LogP contribution in [0.15, 0.2) is 24.3 Å². The van der Waals surface area contributed by atoms with Crippen LogP contribution in [0.3, 0.4) is 0 Å². The van der Waals surface area contributed by atoms with Crippen LogP contribution in [0.4, 0.5) is 0 Å². The lowest BCUT2D eigenvalue weighted by Crippen LogP contribution is -2.21. The third kappa shape index (κ3) is 1.11. The van der Waals surface area contributed by atoms with Crippen LogP contribution >= 0.6 is 0 Å². The van der Waals surface area contributed by atoms with Gasteiger partial charge in [0.1, 0.15) is 0 Å². The summed E-state index contributed by atoms with van der Waals surface area (Å²) in [6.45, 7) is 3.70. The molecular formula is C8H8O. The van der Waals surface area contributed by atoms with Crippen molar-refractivity contribution >= 4 is 12.8 Å². The van der Waals surface area contributed by atoms with Crippen LogP contribution in [-0.2, 0) is 0 Å². The molecule has 1 N–H and O–H groups in total. The summed E-state index contributed by atoms with van der Waals surface area (Å²) in [6.07, 6.45) is 1.06. The van der Waals surface area contributed by atoms with Crippen molar-refractivity contribution in [2.75, 3.05) is 0 Å². The molecule has 0 bridgehead atoms. The molecule has 0 heterocycles. The summed E-state index contributed by atoms with van der Waals surface area (Å²) in [7, 11) is 0. The Bertz CT molecular complexity index is 288. The molecule has 1 nitrogen and oxygen atoms in total. The lowest BCUT2D eigenvalue weighted by molar-refractivity contribution is 0.540. The maximum absolute atomic E-state index is 8.55. The zero-order chi connectivity index (χ0) is 6.69. The first kappa shape index (κ1) is 5.89. The van der Waals surface area contributed by atoms with Crippen molar-refractivity contribution in [3.05, 3.63) is 34.7 Å². The fraction of sp³-hybridized carbons (Fsp3) is 0. The highest BCUT2D eigenvalue weighted by Gasteiger charge is 1.75. The molecule has 0 amide bonds. The second-order valence-corrected chi connectivity index (χ2v) is 1.83. The largest absolute Gasteiger partial charge is 0.515 e. The maximum Gasteiger partial charge on any atom is 0.0869 e. The van der Waals surface area contributed by atoms with E-state index >= 15 is 0 Å². The molecule has 9 heavy (non-hydrogen) atoms. The minimum Gasteiger partial charge on any atom is -0.515 e. The molecule has 0 aliphatic rings. The van der Waals surface area contributed by atoms with Crippen LogP contribution in [-0.4, -0.2) is 5.11 Å². The Morgan fingerprint density at radius 2 is 2.00 bits per heavy atom. The van der Waals surface area contributed by atoms with E-state index in [1.807, 2.05) is 24.3 Å². The molecule has 1 rings (SSSR count). The second kappa shape index (κ2) is 2.35. The quantitative estimate of drug-likeness (QED) is 0.525. The highest BCUT2D eigenvalue weighted by Crippen LogP contribution is 1.67. The lowest BCUT2D eigenvalue weighted by atomic mass is 10.3. The average Bonchev–Trinajstić information content (AvgIpc) is 1.89. The van der Waals surface area contributed by atoms with E-state index in [0.29, 0.717) is 0 Å². The molecule has 0 unspecified atom stereocenters. The molecule has 0 atom stereocenters. The third-order valence-corrected chi connectivity index (χ3v) is 1.19. The fourth-order valence-corrected chi connectivity index (χ4v) is 0.660. The minimum atomic E-state index is 0.775. The Morgan fingerprint density at radius 1 is 1.33 bits per heavy atom. The van der Waals surface area contributed by atoms with E-state index in [4.69, 9.17) is 5.11 Å². The molecule has 1 aromatic rings. The first-order chi connectivity index (χ1) is 4.34. The van der Waals surface area contributed by atoms with Gasteiger partial charge in [-0.1, -0.05) is 30.8 Å². The van der Waals surface area contributed by atoms with Crippen molar-refractivity contribution in [1.82, 2.24) is 0 Å². The van der Waals surface area contributed by atoms with Crippen LogP contribution < -0.4 is 10.4 Å². The summed E-state index contributed by atoms with van der Waals surface area (Å²) >= 11 is 0. The van der Waals surface area contributed by atoms with Crippen molar-refractivity contribution < 1.29 is 5.11 Å². The van der Waals surface area contributed by atoms with E-state index in [9.17, 15) is 0 Å². The number of rotatable bonds is 0. The van der Waals surface area contributed by atoms with Crippen LogP contribution in [0.2, 0.25) is 0 Å². The maximum atomic E-state index is 8.55. The van der Waals surface area contributed by atoms with Crippen molar-refractivity contribution in [3.63, 3.8) is 0 Å². The predicted molar refractivity (Wildman–Crippen MR) is 38.3 cm³/mol. The van der Waals surface area contributed by atoms with Gasteiger partial charge < -0.3 is 5.11 Å². The van der Waals surface area contributed by atoms with Gasteiger partial charge in [-0.3, -0.25) is 0 Å². The molecule has 1 aromatic carbocycles. The molecule has 0 aliphatic carbocycles. The molecule has 0 saturated heterocycles. The van der Waals surface area contributed by atoms with E-state index in [1.165, 1.54) is 0 Å². The van der Waals surface area contributed by atoms with Gasteiger partial charge in [-0.05, 0) is 5.22 Å². The van der Waals surface area contributed by atoms with Gasteiger partial charge in [-0.15, -0.1) is 0 Å². The Labute approximate surface area is 53.6 Å². The van der Waals surface area contributed by atoms with E-state index in [1.54, 1.807) is 0 Å². The summed E-state index contributed by atoms with van der Waals surface area (Å²) in [5.41, 5.74) is 0. The van der Waals surface area contributed by atoms with Crippen molar-refractivity contribution in [1.29, 1.82) is 0 Å². The smallest absolute Gasteiger partial charge is 0.0869 e. The number of aliphatic hydroxyl groups excluding tert-OH is 1. The lowest BCUT2D eigenvalue weighted by Gasteiger charge is -1.82. The van der Waals surface area contributed by atoms with Crippen molar-refractivity contribution in [2.24, 2.45) is 0 Å². The molecule has 0 fully saturated rings. The van der Waals surface area contributed by atoms with Crippen LogP contribution in [0, 0.1) is 0 Å². The minimum absolute atomic E-state index is 0.775. The number of hydrogen-bond donors (Lipinski definition) is 1. The highest BCUT2D eigenvalue weighted by atomic mass is 16.2. The standard InChI is InChI=1S/C8H8O/c1-7-4-2-3-5-8(7)6-9/h2-6,9H,1H2/b8-6-. The van der Waals surface area contributed by atoms with Gasteiger partial charge in [-0.2, -0.15) is 0 Å². The molecule has 46 valence electrons. The first-order valence-electron chi connectivity index (χ1n) is 2.73. The highest BCUT2D eigenvalue weighted by molar-refractivity contribution is 5.19. The van der Waals surface area contributed by atoms with Crippen LogP contribution in [0.1, 0.15) is 0 Å². The number of benzene rings is 1. The molecule has 0 aliphatic heterocycles. The molecule has 0 saturated carbocycles. The van der Waals surface area contributed by atoms with Gasteiger partial charge in [0.05, 0.1) is 6.26 Å². The topological polar surface area (TPSA) is 20.2 Å². The summed E-state index contributed by atoms with van der Waals surface area (Å²) in [5, 5.41) is 10.2. The summed E-state index contributed by atoms with van der Waals surface area (Å²) in [4.78, 5) is 0.